The van der Waals surface area contributed by atoms with Crippen molar-refractivity contribution in [3.8, 4) is 5.75 Å². The summed E-state index contributed by atoms with van der Waals surface area (Å²) in [6.45, 7) is 8.44. The van der Waals surface area contributed by atoms with Gasteiger partial charge in [0.1, 0.15) is 5.75 Å². The molecule has 0 bridgehead atoms. The first-order valence-corrected chi connectivity index (χ1v) is 9.45. The number of methoxy groups -OCH3 is 1. The van der Waals surface area contributed by atoms with Gasteiger partial charge in [-0.25, -0.2) is 0 Å². The lowest BCUT2D eigenvalue weighted by atomic mass is 9.86. The number of ether oxygens (including phenoxy) is 2. The second-order valence-corrected chi connectivity index (χ2v) is 7.64. The molecule has 2 rings (SSSR count). The van der Waals surface area contributed by atoms with E-state index in [1.54, 1.807) is 26.2 Å². The van der Waals surface area contributed by atoms with Crippen LogP contribution >= 0.6 is 0 Å². The van der Waals surface area contributed by atoms with Gasteiger partial charge >= 0.3 is 5.97 Å². The van der Waals surface area contributed by atoms with Gasteiger partial charge in [0.25, 0.3) is 5.91 Å². The van der Waals surface area contributed by atoms with Gasteiger partial charge in [0.15, 0.2) is 0 Å². The van der Waals surface area contributed by atoms with Crippen LogP contribution in [0, 0.1) is 0 Å². The molecule has 0 unspecified atom stereocenters. The largest absolute Gasteiger partial charge is 0.497 e. The Kier molecular flexibility index (Phi) is 7.21. The molecule has 1 atom stereocenters. The number of hydrogen-bond donors (Lipinski definition) is 1. The van der Waals surface area contributed by atoms with E-state index in [9.17, 15) is 9.59 Å². The number of carbonyl (C=O) groups is 2. The van der Waals surface area contributed by atoms with Gasteiger partial charge in [-0.05, 0) is 47.7 Å². The minimum absolute atomic E-state index is 0.0184. The van der Waals surface area contributed by atoms with Crippen LogP contribution in [0.25, 0.3) is 0 Å². The number of carbonyl (C=O) groups excluding carboxylic acids is 2. The monoisotopic (exact) mass is 383 g/mol. The van der Waals surface area contributed by atoms with E-state index in [2.05, 4.69) is 26.1 Å². The minimum atomic E-state index is -0.486. The van der Waals surface area contributed by atoms with Crippen LogP contribution in [0.4, 0.5) is 0 Å². The zero-order valence-corrected chi connectivity index (χ0v) is 17.2. The maximum absolute atomic E-state index is 12.8. The Morgan fingerprint density at radius 2 is 1.61 bits per heavy atom. The number of amides is 1. The van der Waals surface area contributed by atoms with Crippen molar-refractivity contribution in [1.29, 1.82) is 0 Å². The molecule has 0 radical (unpaired) electrons. The lowest BCUT2D eigenvalue weighted by molar-refractivity contribution is -0.143. The van der Waals surface area contributed by atoms with Gasteiger partial charge in [-0.3, -0.25) is 9.59 Å². The standard InChI is InChI=1S/C23H29NO4/c1-6-28-21(25)15-20(16-9-13-19(27-5)14-10-16)24-22(26)17-7-11-18(12-8-17)23(2,3)4/h7-14,20H,6,15H2,1-5H3,(H,24,26)/t20-/m0/s1. The van der Waals surface area contributed by atoms with Crippen molar-refractivity contribution in [2.75, 3.05) is 13.7 Å². The maximum atomic E-state index is 12.8. The maximum Gasteiger partial charge on any atom is 0.308 e. The number of rotatable bonds is 7. The highest BCUT2D eigenvalue weighted by Gasteiger charge is 2.21. The zero-order valence-electron chi connectivity index (χ0n) is 17.2. The van der Waals surface area contributed by atoms with Gasteiger partial charge in [-0.1, -0.05) is 45.0 Å². The van der Waals surface area contributed by atoms with Crippen LogP contribution in [0.5, 0.6) is 5.75 Å². The van der Waals surface area contributed by atoms with Crippen molar-refractivity contribution in [2.24, 2.45) is 0 Å². The van der Waals surface area contributed by atoms with Gasteiger partial charge in [-0.2, -0.15) is 0 Å². The summed E-state index contributed by atoms with van der Waals surface area (Å²) in [5.41, 5.74) is 2.54. The van der Waals surface area contributed by atoms with Crippen LogP contribution in [0.15, 0.2) is 48.5 Å². The van der Waals surface area contributed by atoms with E-state index >= 15 is 0 Å². The molecule has 5 nitrogen and oxygen atoms in total. The van der Waals surface area contributed by atoms with Crippen molar-refractivity contribution in [2.45, 2.75) is 45.6 Å². The summed E-state index contributed by atoms with van der Waals surface area (Å²) >= 11 is 0. The summed E-state index contributed by atoms with van der Waals surface area (Å²) in [5, 5.41) is 2.95. The first-order valence-electron chi connectivity index (χ1n) is 9.45. The predicted molar refractivity (Wildman–Crippen MR) is 110 cm³/mol. The zero-order chi connectivity index (χ0) is 20.7. The third kappa shape index (κ3) is 5.84. The lowest BCUT2D eigenvalue weighted by Crippen LogP contribution is -2.30. The fraction of sp³-hybridized carbons (Fsp3) is 0.391. The molecule has 0 fully saturated rings. The molecule has 0 aromatic heterocycles. The smallest absolute Gasteiger partial charge is 0.308 e. The van der Waals surface area contributed by atoms with Crippen LogP contribution in [0.1, 0.15) is 61.6 Å². The lowest BCUT2D eigenvalue weighted by Gasteiger charge is -2.21. The Morgan fingerprint density at radius 3 is 2.11 bits per heavy atom. The summed E-state index contributed by atoms with van der Waals surface area (Å²) in [6.07, 6.45) is 0.0615. The molecule has 150 valence electrons. The molecule has 0 aliphatic rings. The summed E-state index contributed by atoms with van der Waals surface area (Å²) in [4.78, 5) is 24.8. The fourth-order valence-corrected chi connectivity index (χ4v) is 2.84. The molecule has 2 aromatic rings. The van der Waals surface area contributed by atoms with Crippen molar-refractivity contribution < 1.29 is 19.1 Å². The van der Waals surface area contributed by atoms with E-state index < -0.39 is 6.04 Å². The molecule has 0 heterocycles. The van der Waals surface area contributed by atoms with Crippen LogP contribution in [0.3, 0.4) is 0 Å². The van der Waals surface area contributed by atoms with Crippen molar-refractivity contribution in [3.05, 3.63) is 65.2 Å². The van der Waals surface area contributed by atoms with E-state index in [0.717, 1.165) is 11.1 Å². The SMILES string of the molecule is CCOC(=O)C[C@H](NC(=O)c1ccc(C(C)(C)C)cc1)c1ccc(OC)cc1. The van der Waals surface area contributed by atoms with Gasteiger partial charge in [0.05, 0.1) is 26.2 Å². The fourth-order valence-electron chi connectivity index (χ4n) is 2.84. The molecule has 1 N–H and O–H groups in total. The summed E-state index contributed by atoms with van der Waals surface area (Å²) in [6, 6.07) is 14.3. The highest BCUT2D eigenvalue weighted by Crippen LogP contribution is 2.24. The third-order valence-corrected chi connectivity index (χ3v) is 4.51. The summed E-state index contributed by atoms with van der Waals surface area (Å²) in [7, 11) is 1.59. The molecule has 0 aliphatic heterocycles. The molecular formula is C23H29NO4. The van der Waals surface area contributed by atoms with Gasteiger partial charge in [0.2, 0.25) is 0 Å². The van der Waals surface area contributed by atoms with Gasteiger partial charge < -0.3 is 14.8 Å². The third-order valence-electron chi connectivity index (χ3n) is 4.51. The molecular weight excluding hydrogens is 354 g/mol. The van der Waals surface area contributed by atoms with E-state index in [1.807, 2.05) is 36.4 Å². The van der Waals surface area contributed by atoms with Crippen LogP contribution in [-0.2, 0) is 14.9 Å². The Labute approximate surface area is 167 Å². The quantitative estimate of drug-likeness (QED) is 0.719. The number of nitrogens with one attached hydrogen (secondary N) is 1. The van der Waals surface area contributed by atoms with Crippen molar-refractivity contribution >= 4 is 11.9 Å². The Balaban J connectivity index is 2.20. The molecule has 0 aliphatic carbocycles. The molecule has 28 heavy (non-hydrogen) atoms. The van der Waals surface area contributed by atoms with Crippen molar-refractivity contribution in [3.63, 3.8) is 0 Å². The highest BCUT2D eigenvalue weighted by molar-refractivity contribution is 5.94. The second kappa shape index (κ2) is 9.40. The van der Waals surface area contributed by atoms with Gasteiger partial charge in [-0.15, -0.1) is 0 Å². The molecule has 2 aromatic carbocycles. The highest BCUT2D eigenvalue weighted by atomic mass is 16.5. The normalized spacial score (nSPS) is 12.2. The molecule has 0 saturated carbocycles. The molecule has 0 saturated heterocycles. The summed E-state index contributed by atoms with van der Waals surface area (Å²) < 4.78 is 10.2. The minimum Gasteiger partial charge on any atom is -0.497 e. The van der Waals surface area contributed by atoms with E-state index in [1.165, 1.54) is 0 Å². The van der Waals surface area contributed by atoms with Gasteiger partial charge in [0, 0.05) is 5.56 Å². The average Bonchev–Trinajstić information content (AvgIpc) is 2.67. The number of benzene rings is 2. The number of hydrogen-bond acceptors (Lipinski definition) is 4. The topological polar surface area (TPSA) is 64.6 Å². The van der Waals surface area contributed by atoms with Crippen molar-refractivity contribution in [1.82, 2.24) is 5.32 Å². The predicted octanol–water partition coefficient (Wildman–Crippen LogP) is 4.42. The Bertz CT molecular complexity index is 789. The second-order valence-electron chi connectivity index (χ2n) is 7.64. The molecule has 1 amide bonds. The first-order chi connectivity index (χ1) is 13.2. The van der Waals surface area contributed by atoms with Crippen LogP contribution in [0.2, 0.25) is 0 Å². The molecule has 5 heteroatoms. The Hall–Kier alpha value is -2.82. The van der Waals surface area contributed by atoms with Crippen LogP contribution < -0.4 is 10.1 Å². The first kappa shape index (κ1) is 21.5. The van der Waals surface area contributed by atoms with E-state index in [-0.39, 0.29) is 23.7 Å². The van der Waals surface area contributed by atoms with Crippen LogP contribution in [-0.4, -0.2) is 25.6 Å². The summed E-state index contributed by atoms with van der Waals surface area (Å²) in [5.74, 6) is 0.125. The average molecular weight is 383 g/mol. The van der Waals surface area contributed by atoms with E-state index in [4.69, 9.17) is 9.47 Å². The number of esters is 1. The molecule has 0 spiro atoms. The Morgan fingerprint density at radius 1 is 1.00 bits per heavy atom. The van der Waals surface area contributed by atoms with E-state index in [0.29, 0.717) is 17.9 Å².